The van der Waals surface area contributed by atoms with Crippen LogP contribution in [0.4, 0.5) is 0 Å². The monoisotopic (exact) mass is 220 g/mol. The molecule has 0 fully saturated rings. The molecule has 0 aliphatic heterocycles. The van der Waals surface area contributed by atoms with Gasteiger partial charge in [-0.2, -0.15) is 5.10 Å². The van der Waals surface area contributed by atoms with Crippen molar-refractivity contribution in [3.8, 4) is 0 Å². The predicted octanol–water partition coefficient (Wildman–Crippen LogP) is 0.262. The second-order valence-corrected chi connectivity index (χ2v) is 3.49. The van der Waals surface area contributed by atoms with Crippen LogP contribution in [0.1, 0.15) is 18.6 Å². The second kappa shape index (κ2) is 4.89. The molecular formula is C10H16N6. The molecule has 6 nitrogen and oxygen atoms in total. The van der Waals surface area contributed by atoms with Crippen LogP contribution in [0.5, 0.6) is 0 Å². The van der Waals surface area contributed by atoms with E-state index in [0.29, 0.717) is 6.54 Å². The highest BCUT2D eigenvalue weighted by Gasteiger charge is 2.06. The van der Waals surface area contributed by atoms with Crippen LogP contribution < -0.4 is 5.32 Å². The van der Waals surface area contributed by atoms with Crippen LogP contribution in [0, 0.1) is 0 Å². The third-order valence-corrected chi connectivity index (χ3v) is 2.44. The Morgan fingerprint density at radius 2 is 2.19 bits per heavy atom. The minimum absolute atomic E-state index is 0.713. The Hall–Kier alpha value is -1.69. The first-order valence-corrected chi connectivity index (χ1v) is 5.36. The van der Waals surface area contributed by atoms with Gasteiger partial charge in [0.1, 0.15) is 18.0 Å². The van der Waals surface area contributed by atoms with Gasteiger partial charge in [-0.15, -0.1) is 0 Å². The maximum absolute atomic E-state index is 4.28. The summed E-state index contributed by atoms with van der Waals surface area (Å²) in [7, 11) is 1.91. The summed E-state index contributed by atoms with van der Waals surface area (Å²) in [4.78, 5) is 8.53. The zero-order valence-corrected chi connectivity index (χ0v) is 9.59. The first-order valence-electron chi connectivity index (χ1n) is 5.36. The van der Waals surface area contributed by atoms with E-state index in [9.17, 15) is 0 Å². The number of hydrogen-bond acceptors (Lipinski definition) is 4. The van der Waals surface area contributed by atoms with Crippen LogP contribution in [0.3, 0.4) is 0 Å². The van der Waals surface area contributed by atoms with E-state index >= 15 is 0 Å². The number of hydrogen-bond donors (Lipinski definition) is 1. The number of nitrogens with one attached hydrogen (secondary N) is 1. The smallest absolute Gasteiger partial charge is 0.146 e. The molecule has 0 amide bonds. The van der Waals surface area contributed by atoms with Crippen LogP contribution in [-0.4, -0.2) is 31.4 Å². The lowest BCUT2D eigenvalue weighted by Crippen LogP contribution is -2.15. The van der Waals surface area contributed by atoms with Gasteiger partial charge in [-0.25, -0.2) is 14.6 Å². The normalized spacial score (nSPS) is 10.9. The SMILES string of the molecule is CCn1ncnc1Cn1ccnc1CNC. The minimum atomic E-state index is 0.713. The van der Waals surface area contributed by atoms with Gasteiger partial charge in [-0.05, 0) is 14.0 Å². The fraction of sp³-hybridized carbons (Fsp3) is 0.500. The molecule has 86 valence electrons. The molecular weight excluding hydrogens is 204 g/mol. The number of rotatable bonds is 5. The van der Waals surface area contributed by atoms with Crippen molar-refractivity contribution in [1.29, 1.82) is 0 Å². The van der Waals surface area contributed by atoms with Gasteiger partial charge in [0, 0.05) is 18.9 Å². The summed E-state index contributed by atoms with van der Waals surface area (Å²) < 4.78 is 3.97. The molecule has 0 aromatic carbocycles. The van der Waals surface area contributed by atoms with Crippen LogP contribution >= 0.6 is 0 Å². The average molecular weight is 220 g/mol. The van der Waals surface area contributed by atoms with Gasteiger partial charge in [-0.3, -0.25) is 0 Å². The van der Waals surface area contributed by atoms with Crippen molar-refractivity contribution in [1.82, 2.24) is 29.6 Å². The van der Waals surface area contributed by atoms with Crippen molar-refractivity contribution in [2.45, 2.75) is 26.6 Å². The molecule has 2 aromatic rings. The van der Waals surface area contributed by atoms with Gasteiger partial charge >= 0.3 is 0 Å². The first kappa shape index (κ1) is 10.8. The van der Waals surface area contributed by atoms with Crippen LogP contribution in [0.2, 0.25) is 0 Å². The highest BCUT2D eigenvalue weighted by atomic mass is 15.3. The molecule has 2 rings (SSSR count). The maximum atomic E-state index is 4.28. The summed E-state index contributed by atoms with van der Waals surface area (Å²) in [5, 5.41) is 7.24. The second-order valence-electron chi connectivity index (χ2n) is 3.49. The molecule has 0 unspecified atom stereocenters. The van der Waals surface area contributed by atoms with Gasteiger partial charge in [0.05, 0.1) is 13.1 Å². The molecule has 2 aromatic heterocycles. The van der Waals surface area contributed by atoms with E-state index in [1.165, 1.54) is 0 Å². The van der Waals surface area contributed by atoms with E-state index in [2.05, 4.69) is 31.9 Å². The summed E-state index contributed by atoms with van der Waals surface area (Å²) in [5.74, 6) is 1.96. The number of aromatic nitrogens is 5. The van der Waals surface area contributed by atoms with Crippen molar-refractivity contribution < 1.29 is 0 Å². The Morgan fingerprint density at radius 3 is 2.94 bits per heavy atom. The van der Waals surface area contributed by atoms with Crippen LogP contribution in [-0.2, 0) is 19.6 Å². The lowest BCUT2D eigenvalue weighted by Gasteiger charge is -2.07. The van der Waals surface area contributed by atoms with Crippen molar-refractivity contribution in [3.63, 3.8) is 0 Å². The molecule has 0 atom stereocenters. The number of nitrogens with zero attached hydrogens (tertiary/aromatic N) is 5. The Labute approximate surface area is 94.3 Å². The fourth-order valence-electron chi connectivity index (χ4n) is 1.64. The Balaban J connectivity index is 2.17. The molecule has 0 saturated carbocycles. The van der Waals surface area contributed by atoms with Crippen molar-refractivity contribution in [2.24, 2.45) is 0 Å². The fourth-order valence-corrected chi connectivity index (χ4v) is 1.64. The average Bonchev–Trinajstić information content (AvgIpc) is 2.89. The lowest BCUT2D eigenvalue weighted by molar-refractivity contribution is 0.576. The standard InChI is InChI=1S/C10H16N6/c1-3-16-10(13-8-14-16)7-15-5-4-12-9(15)6-11-2/h4-5,8,11H,3,6-7H2,1-2H3. The van der Waals surface area contributed by atoms with E-state index in [0.717, 1.165) is 24.7 Å². The summed E-state index contributed by atoms with van der Waals surface area (Å²) >= 11 is 0. The highest BCUT2D eigenvalue weighted by Crippen LogP contribution is 2.02. The number of imidazole rings is 1. The summed E-state index contributed by atoms with van der Waals surface area (Å²) in [5.41, 5.74) is 0. The van der Waals surface area contributed by atoms with Crippen molar-refractivity contribution in [2.75, 3.05) is 7.05 Å². The Bertz CT molecular complexity index is 444. The third-order valence-electron chi connectivity index (χ3n) is 2.44. The molecule has 0 aliphatic carbocycles. The van der Waals surface area contributed by atoms with E-state index in [-0.39, 0.29) is 0 Å². The minimum Gasteiger partial charge on any atom is -0.326 e. The van der Waals surface area contributed by atoms with Gasteiger partial charge in [0.25, 0.3) is 0 Å². The largest absolute Gasteiger partial charge is 0.326 e. The third kappa shape index (κ3) is 2.11. The summed E-state index contributed by atoms with van der Waals surface area (Å²) in [6, 6.07) is 0. The molecule has 1 N–H and O–H groups in total. The van der Waals surface area contributed by atoms with Gasteiger partial charge in [0.2, 0.25) is 0 Å². The maximum Gasteiger partial charge on any atom is 0.146 e. The molecule has 2 heterocycles. The lowest BCUT2D eigenvalue weighted by atomic mass is 10.5. The van der Waals surface area contributed by atoms with E-state index < -0.39 is 0 Å². The van der Waals surface area contributed by atoms with E-state index in [1.54, 1.807) is 12.5 Å². The van der Waals surface area contributed by atoms with Gasteiger partial charge < -0.3 is 9.88 Å². The molecule has 16 heavy (non-hydrogen) atoms. The zero-order chi connectivity index (χ0) is 11.4. The first-order chi connectivity index (χ1) is 7.85. The topological polar surface area (TPSA) is 60.6 Å². The molecule has 0 spiro atoms. The molecule has 0 aliphatic rings. The van der Waals surface area contributed by atoms with Gasteiger partial charge in [-0.1, -0.05) is 0 Å². The predicted molar refractivity (Wildman–Crippen MR) is 59.8 cm³/mol. The molecule has 6 heteroatoms. The Kier molecular flexibility index (Phi) is 3.31. The van der Waals surface area contributed by atoms with Gasteiger partial charge in [0.15, 0.2) is 0 Å². The van der Waals surface area contributed by atoms with Crippen molar-refractivity contribution in [3.05, 3.63) is 30.4 Å². The highest BCUT2D eigenvalue weighted by molar-refractivity contribution is 4.96. The molecule has 0 bridgehead atoms. The zero-order valence-electron chi connectivity index (χ0n) is 9.59. The van der Waals surface area contributed by atoms with Crippen LogP contribution in [0.25, 0.3) is 0 Å². The molecule has 0 saturated heterocycles. The van der Waals surface area contributed by atoms with E-state index in [4.69, 9.17) is 0 Å². The summed E-state index contributed by atoms with van der Waals surface area (Å²) in [6.07, 6.45) is 5.36. The Morgan fingerprint density at radius 1 is 1.31 bits per heavy atom. The number of aryl methyl sites for hydroxylation is 1. The summed E-state index contributed by atoms with van der Waals surface area (Å²) in [6.45, 7) is 4.37. The van der Waals surface area contributed by atoms with Crippen molar-refractivity contribution >= 4 is 0 Å². The van der Waals surface area contributed by atoms with Crippen LogP contribution in [0.15, 0.2) is 18.7 Å². The van der Waals surface area contributed by atoms with E-state index in [1.807, 2.05) is 17.9 Å². The molecule has 0 radical (unpaired) electrons. The quantitative estimate of drug-likeness (QED) is 0.785.